The molecule has 2 nitrogen and oxygen atoms in total. The smallest absolute Gasteiger partial charge is 0.152 e. The van der Waals surface area contributed by atoms with E-state index in [0.29, 0.717) is 0 Å². The van der Waals surface area contributed by atoms with Gasteiger partial charge in [-0.2, -0.15) is 0 Å². The van der Waals surface area contributed by atoms with Gasteiger partial charge in [-0.05, 0) is 12.5 Å². The number of nitrogens with zero attached hydrogens (tertiary/aromatic N) is 1. The number of nitrogen functional groups attached to an aromatic ring is 1. The summed E-state index contributed by atoms with van der Waals surface area (Å²) in [5.41, 5.74) is 10.6. The van der Waals surface area contributed by atoms with E-state index < -0.39 is 0 Å². The average molecular weight is 312 g/mol. The molecule has 0 amide bonds. The second kappa shape index (κ2) is 6.33. The number of hydrogen-bond acceptors (Lipinski definition) is 4. The molecular formula is C17H16N2S2. The Kier molecular flexibility index (Phi) is 4.27. The highest BCUT2D eigenvalue weighted by atomic mass is 32.2. The van der Waals surface area contributed by atoms with Gasteiger partial charge in [0.25, 0.3) is 0 Å². The fraction of sp³-hybridized carbons (Fsp3) is 0.118. The Balaban J connectivity index is 1.76. The fourth-order valence-corrected chi connectivity index (χ4v) is 3.92. The molecule has 2 N–H and O–H groups in total. The second-order valence-electron chi connectivity index (χ2n) is 4.83. The predicted molar refractivity (Wildman–Crippen MR) is 92.7 cm³/mol. The van der Waals surface area contributed by atoms with Gasteiger partial charge >= 0.3 is 0 Å². The first-order valence-electron chi connectivity index (χ1n) is 6.72. The zero-order chi connectivity index (χ0) is 14.7. The normalized spacial score (nSPS) is 10.7. The third kappa shape index (κ3) is 3.46. The molecule has 2 aromatic carbocycles. The zero-order valence-electron chi connectivity index (χ0n) is 11.7. The first kappa shape index (κ1) is 14.2. The monoisotopic (exact) mass is 312 g/mol. The standard InChI is InChI=1S/C17H16N2S2/c1-12-7-9-14(10-8-12)15-16(18)21-17(19-15)20-11-13-5-3-2-4-6-13/h2-10H,11,18H2,1H3. The molecule has 0 radical (unpaired) electrons. The van der Waals surface area contributed by atoms with Gasteiger partial charge in [0.15, 0.2) is 4.34 Å². The number of hydrogen-bond donors (Lipinski definition) is 1. The van der Waals surface area contributed by atoms with E-state index in [-0.39, 0.29) is 0 Å². The molecule has 0 aliphatic rings. The molecule has 0 spiro atoms. The van der Waals surface area contributed by atoms with Crippen molar-refractivity contribution in [2.45, 2.75) is 17.0 Å². The van der Waals surface area contributed by atoms with Gasteiger partial charge in [0, 0.05) is 11.3 Å². The van der Waals surface area contributed by atoms with Crippen molar-refractivity contribution in [1.82, 2.24) is 4.98 Å². The summed E-state index contributed by atoms with van der Waals surface area (Å²) in [7, 11) is 0. The largest absolute Gasteiger partial charge is 0.389 e. The minimum atomic E-state index is 0.786. The van der Waals surface area contributed by atoms with Crippen molar-refractivity contribution in [3.8, 4) is 11.3 Å². The number of rotatable bonds is 4. The lowest BCUT2D eigenvalue weighted by atomic mass is 10.1. The lowest BCUT2D eigenvalue weighted by molar-refractivity contribution is 1.24. The molecule has 106 valence electrons. The van der Waals surface area contributed by atoms with Crippen LogP contribution in [0.15, 0.2) is 58.9 Å². The van der Waals surface area contributed by atoms with Crippen LogP contribution in [-0.4, -0.2) is 4.98 Å². The Hall–Kier alpha value is -1.78. The van der Waals surface area contributed by atoms with Crippen molar-refractivity contribution < 1.29 is 0 Å². The minimum Gasteiger partial charge on any atom is -0.389 e. The van der Waals surface area contributed by atoms with Gasteiger partial charge in [0.2, 0.25) is 0 Å². The number of aryl methyl sites for hydroxylation is 1. The van der Waals surface area contributed by atoms with Crippen LogP contribution < -0.4 is 5.73 Å². The van der Waals surface area contributed by atoms with Crippen molar-refractivity contribution in [2.75, 3.05) is 5.73 Å². The molecule has 0 aliphatic heterocycles. The minimum absolute atomic E-state index is 0.786. The molecule has 0 atom stereocenters. The first-order chi connectivity index (χ1) is 10.2. The number of thioether (sulfide) groups is 1. The first-order valence-corrected chi connectivity index (χ1v) is 8.52. The van der Waals surface area contributed by atoms with Gasteiger partial charge in [0.1, 0.15) is 10.7 Å². The molecule has 21 heavy (non-hydrogen) atoms. The molecule has 0 saturated carbocycles. The maximum atomic E-state index is 6.12. The molecule has 0 bridgehead atoms. The maximum Gasteiger partial charge on any atom is 0.152 e. The van der Waals surface area contributed by atoms with E-state index in [9.17, 15) is 0 Å². The van der Waals surface area contributed by atoms with Crippen molar-refractivity contribution in [3.63, 3.8) is 0 Å². The molecular weight excluding hydrogens is 296 g/mol. The molecule has 3 rings (SSSR count). The Morgan fingerprint density at radius 2 is 1.76 bits per heavy atom. The third-order valence-electron chi connectivity index (χ3n) is 3.16. The predicted octanol–water partition coefficient (Wildman–Crippen LogP) is 4.99. The number of nitrogens with two attached hydrogens (primary N) is 1. The molecule has 0 fully saturated rings. The molecule has 0 aliphatic carbocycles. The summed E-state index contributed by atoms with van der Waals surface area (Å²) in [4.78, 5) is 4.68. The van der Waals surface area contributed by atoms with E-state index >= 15 is 0 Å². The summed E-state index contributed by atoms with van der Waals surface area (Å²) in [6, 6.07) is 18.7. The Morgan fingerprint density at radius 1 is 1.05 bits per heavy atom. The lowest BCUT2D eigenvalue weighted by Gasteiger charge is -1.99. The summed E-state index contributed by atoms with van der Waals surface area (Å²) in [5.74, 6) is 0.918. The highest BCUT2D eigenvalue weighted by Crippen LogP contribution is 2.36. The molecule has 0 unspecified atom stereocenters. The van der Waals surface area contributed by atoms with Crippen molar-refractivity contribution in [2.24, 2.45) is 0 Å². The van der Waals surface area contributed by atoms with Crippen LogP contribution in [0.2, 0.25) is 0 Å². The van der Waals surface area contributed by atoms with Crippen LogP contribution in [0.4, 0.5) is 5.00 Å². The number of anilines is 1. The summed E-state index contributed by atoms with van der Waals surface area (Å²) in [6.45, 7) is 2.08. The quantitative estimate of drug-likeness (QED) is 0.690. The Bertz CT molecular complexity index is 718. The van der Waals surface area contributed by atoms with Crippen LogP contribution in [0.3, 0.4) is 0 Å². The summed E-state index contributed by atoms with van der Waals surface area (Å²) < 4.78 is 1.02. The maximum absolute atomic E-state index is 6.12. The van der Waals surface area contributed by atoms with Crippen LogP contribution >= 0.6 is 23.1 Å². The highest BCUT2D eigenvalue weighted by molar-refractivity contribution is 8.00. The SMILES string of the molecule is Cc1ccc(-c2nc(SCc3ccccc3)sc2N)cc1. The van der Waals surface area contributed by atoms with Crippen LogP contribution in [0.5, 0.6) is 0 Å². The molecule has 1 heterocycles. The number of benzene rings is 2. The third-order valence-corrected chi connectivity index (χ3v) is 5.26. The van der Waals surface area contributed by atoms with Crippen LogP contribution in [0.25, 0.3) is 11.3 Å². The van der Waals surface area contributed by atoms with E-state index in [1.54, 1.807) is 23.1 Å². The van der Waals surface area contributed by atoms with Gasteiger partial charge in [-0.25, -0.2) is 4.98 Å². The van der Waals surface area contributed by atoms with E-state index in [1.165, 1.54) is 11.1 Å². The lowest BCUT2D eigenvalue weighted by Crippen LogP contribution is -1.85. The fourth-order valence-electron chi connectivity index (χ4n) is 2.01. The topological polar surface area (TPSA) is 38.9 Å². The van der Waals surface area contributed by atoms with Crippen LogP contribution in [0.1, 0.15) is 11.1 Å². The summed E-state index contributed by atoms with van der Waals surface area (Å²) >= 11 is 3.30. The van der Waals surface area contributed by atoms with Gasteiger partial charge in [0.05, 0.1) is 0 Å². The van der Waals surface area contributed by atoms with E-state index in [0.717, 1.165) is 26.4 Å². The van der Waals surface area contributed by atoms with E-state index in [2.05, 4.69) is 60.4 Å². The van der Waals surface area contributed by atoms with Crippen molar-refractivity contribution >= 4 is 28.1 Å². The van der Waals surface area contributed by atoms with Crippen LogP contribution in [0, 0.1) is 6.92 Å². The summed E-state index contributed by atoms with van der Waals surface area (Å²) in [5, 5.41) is 0.786. The van der Waals surface area contributed by atoms with Gasteiger partial charge in [-0.15, -0.1) is 0 Å². The van der Waals surface area contributed by atoms with Crippen molar-refractivity contribution in [3.05, 3.63) is 65.7 Å². The van der Waals surface area contributed by atoms with Crippen molar-refractivity contribution in [1.29, 1.82) is 0 Å². The second-order valence-corrected chi connectivity index (χ2v) is 7.09. The molecule has 1 aromatic heterocycles. The average Bonchev–Trinajstić information content (AvgIpc) is 2.88. The van der Waals surface area contributed by atoms with Crippen LogP contribution in [-0.2, 0) is 5.75 Å². The van der Waals surface area contributed by atoms with Gasteiger partial charge < -0.3 is 5.73 Å². The molecule has 4 heteroatoms. The molecule has 0 saturated heterocycles. The van der Waals surface area contributed by atoms with E-state index in [4.69, 9.17) is 5.73 Å². The number of aromatic nitrogens is 1. The molecule has 3 aromatic rings. The zero-order valence-corrected chi connectivity index (χ0v) is 13.4. The Morgan fingerprint density at radius 3 is 2.48 bits per heavy atom. The Labute approximate surface area is 133 Å². The highest BCUT2D eigenvalue weighted by Gasteiger charge is 2.11. The van der Waals surface area contributed by atoms with E-state index in [1.807, 2.05) is 6.07 Å². The summed E-state index contributed by atoms with van der Waals surface area (Å²) in [6.07, 6.45) is 0. The van der Waals surface area contributed by atoms with Gasteiger partial charge in [-0.1, -0.05) is 83.3 Å². The number of thiazole rings is 1. The van der Waals surface area contributed by atoms with Gasteiger partial charge in [-0.3, -0.25) is 0 Å².